The quantitative estimate of drug-likeness (QED) is 0.798. The fraction of sp³-hybridized carbons (Fsp3) is 0.579. The number of fused-ring (bicyclic) bond motifs is 1. The van der Waals surface area contributed by atoms with Crippen LogP contribution in [0.3, 0.4) is 0 Å². The van der Waals surface area contributed by atoms with Gasteiger partial charge in [-0.1, -0.05) is 18.2 Å². The first-order valence-electron chi connectivity index (χ1n) is 8.80. The Kier molecular flexibility index (Phi) is 5.07. The summed E-state index contributed by atoms with van der Waals surface area (Å²) in [5.74, 6) is -0.0590. The van der Waals surface area contributed by atoms with Crippen molar-refractivity contribution < 1.29 is 14.3 Å². The summed E-state index contributed by atoms with van der Waals surface area (Å²) >= 11 is 0. The number of para-hydroxylation sites is 1. The van der Waals surface area contributed by atoms with E-state index in [4.69, 9.17) is 4.74 Å². The predicted octanol–water partition coefficient (Wildman–Crippen LogP) is 2.24. The van der Waals surface area contributed by atoms with E-state index < -0.39 is 0 Å². The van der Waals surface area contributed by atoms with Gasteiger partial charge in [-0.15, -0.1) is 0 Å². The van der Waals surface area contributed by atoms with Gasteiger partial charge >= 0.3 is 5.97 Å². The van der Waals surface area contributed by atoms with Crippen LogP contribution in [0.5, 0.6) is 0 Å². The number of amides is 1. The van der Waals surface area contributed by atoms with E-state index in [1.54, 1.807) is 0 Å². The van der Waals surface area contributed by atoms with Crippen molar-refractivity contribution in [2.24, 2.45) is 5.92 Å². The highest BCUT2D eigenvalue weighted by Gasteiger charge is 2.30. The van der Waals surface area contributed by atoms with Crippen LogP contribution in [0.25, 0.3) is 0 Å². The van der Waals surface area contributed by atoms with Crippen molar-refractivity contribution in [1.82, 2.24) is 4.90 Å². The third-order valence-electron chi connectivity index (χ3n) is 5.35. The molecule has 1 saturated heterocycles. The summed E-state index contributed by atoms with van der Waals surface area (Å²) in [4.78, 5) is 28.5. The van der Waals surface area contributed by atoms with Gasteiger partial charge in [0.25, 0.3) is 0 Å². The van der Waals surface area contributed by atoms with Gasteiger partial charge in [-0.05, 0) is 44.2 Å². The Morgan fingerprint density at radius 1 is 1.17 bits per heavy atom. The van der Waals surface area contributed by atoms with Crippen molar-refractivity contribution >= 4 is 17.6 Å². The van der Waals surface area contributed by atoms with E-state index in [-0.39, 0.29) is 17.8 Å². The summed E-state index contributed by atoms with van der Waals surface area (Å²) in [6.07, 6.45) is 3.55. The van der Waals surface area contributed by atoms with Gasteiger partial charge in [0.05, 0.1) is 19.6 Å². The van der Waals surface area contributed by atoms with Crippen molar-refractivity contribution in [2.45, 2.75) is 38.6 Å². The second-order valence-electron chi connectivity index (χ2n) is 6.82. The molecular formula is C19H26N2O3. The third-order valence-corrected chi connectivity index (χ3v) is 5.35. The Bertz CT molecular complexity index is 608. The fourth-order valence-corrected chi connectivity index (χ4v) is 3.78. The lowest BCUT2D eigenvalue weighted by molar-refractivity contribution is -0.148. The maximum Gasteiger partial charge on any atom is 0.308 e. The Labute approximate surface area is 143 Å². The number of carbonyl (C=O) groups is 2. The number of hydrogen-bond donors (Lipinski definition) is 0. The number of piperidine rings is 1. The van der Waals surface area contributed by atoms with Crippen LogP contribution in [0.15, 0.2) is 24.3 Å². The molecule has 2 aliphatic rings. The van der Waals surface area contributed by atoms with Crippen LogP contribution < -0.4 is 4.90 Å². The SMILES string of the molecule is COC(=O)C1CCN(C(=O)CN2c3ccccc3CC[C@H]2C)CC1. The molecule has 0 aliphatic carbocycles. The van der Waals surface area contributed by atoms with Gasteiger partial charge in [-0.25, -0.2) is 0 Å². The van der Waals surface area contributed by atoms with Gasteiger partial charge in [-0.2, -0.15) is 0 Å². The number of benzene rings is 1. The summed E-state index contributed by atoms with van der Waals surface area (Å²) in [5.41, 5.74) is 2.52. The molecule has 1 aromatic rings. The first kappa shape index (κ1) is 16.8. The minimum absolute atomic E-state index is 0.0614. The van der Waals surface area contributed by atoms with Crippen LogP contribution in [0.4, 0.5) is 5.69 Å². The Hall–Kier alpha value is -2.04. The highest BCUT2D eigenvalue weighted by Crippen LogP contribution is 2.30. The lowest BCUT2D eigenvalue weighted by Crippen LogP contribution is -2.48. The number of hydrogen-bond acceptors (Lipinski definition) is 4. The molecule has 1 aromatic carbocycles. The molecule has 2 aliphatic heterocycles. The molecule has 1 fully saturated rings. The smallest absolute Gasteiger partial charge is 0.308 e. The molecule has 2 heterocycles. The van der Waals surface area contributed by atoms with E-state index in [0.29, 0.717) is 38.5 Å². The first-order chi connectivity index (χ1) is 11.6. The molecule has 0 N–H and O–H groups in total. The van der Waals surface area contributed by atoms with E-state index in [0.717, 1.165) is 12.8 Å². The number of anilines is 1. The minimum atomic E-state index is -0.152. The molecule has 5 nitrogen and oxygen atoms in total. The number of likely N-dealkylation sites (tertiary alicyclic amines) is 1. The molecule has 1 amide bonds. The Balaban J connectivity index is 1.62. The summed E-state index contributed by atoms with van der Waals surface area (Å²) in [6, 6.07) is 8.74. The van der Waals surface area contributed by atoms with Crippen molar-refractivity contribution in [3.8, 4) is 0 Å². The summed E-state index contributed by atoms with van der Waals surface area (Å²) in [5, 5.41) is 0. The van der Waals surface area contributed by atoms with Crippen molar-refractivity contribution in [1.29, 1.82) is 0 Å². The third kappa shape index (κ3) is 3.40. The number of methoxy groups -OCH3 is 1. The molecule has 0 aromatic heterocycles. The number of rotatable bonds is 3. The second kappa shape index (κ2) is 7.24. The van der Waals surface area contributed by atoms with Crippen LogP contribution in [-0.4, -0.2) is 49.6 Å². The Morgan fingerprint density at radius 2 is 1.88 bits per heavy atom. The maximum atomic E-state index is 12.7. The van der Waals surface area contributed by atoms with Gasteiger partial charge in [0.1, 0.15) is 0 Å². The molecule has 0 unspecified atom stereocenters. The highest BCUT2D eigenvalue weighted by molar-refractivity contribution is 5.82. The van der Waals surface area contributed by atoms with E-state index in [2.05, 4.69) is 30.0 Å². The predicted molar refractivity (Wildman–Crippen MR) is 92.9 cm³/mol. The van der Waals surface area contributed by atoms with Crippen molar-refractivity contribution in [3.63, 3.8) is 0 Å². The van der Waals surface area contributed by atoms with Gasteiger partial charge in [0.2, 0.25) is 5.91 Å². The van der Waals surface area contributed by atoms with Gasteiger partial charge in [0, 0.05) is 24.8 Å². The fourth-order valence-electron chi connectivity index (χ4n) is 3.78. The van der Waals surface area contributed by atoms with Gasteiger partial charge < -0.3 is 14.5 Å². The van der Waals surface area contributed by atoms with E-state index in [1.165, 1.54) is 18.4 Å². The number of esters is 1. The average Bonchev–Trinajstić information content (AvgIpc) is 2.63. The maximum absolute atomic E-state index is 12.7. The number of aryl methyl sites for hydroxylation is 1. The highest BCUT2D eigenvalue weighted by atomic mass is 16.5. The van der Waals surface area contributed by atoms with Gasteiger partial charge in [0.15, 0.2) is 0 Å². The van der Waals surface area contributed by atoms with E-state index >= 15 is 0 Å². The Morgan fingerprint density at radius 3 is 2.58 bits per heavy atom. The lowest BCUT2D eigenvalue weighted by Gasteiger charge is -2.39. The summed E-state index contributed by atoms with van der Waals surface area (Å²) < 4.78 is 4.81. The zero-order valence-electron chi connectivity index (χ0n) is 14.5. The standard InChI is InChI=1S/C19H26N2O3/c1-14-7-8-15-5-3-4-6-17(15)21(14)13-18(22)20-11-9-16(10-12-20)19(23)24-2/h3-6,14,16H,7-13H2,1-2H3/t14-/m1/s1. The summed E-state index contributed by atoms with van der Waals surface area (Å²) in [6.45, 7) is 3.89. The van der Waals surface area contributed by atoms with Crippen LogP contribution in [0.2, 0.25) is 0 Å². The molecule has 0 radical (unpaired) electrons. The topological polar surface area (TPSA) is 49.9 Å². The molecule has 0 saturated carbocycles. The average molecular weight is 330 g/mol. The zero-order chi connectivity index (χ0) is 17.1. The molecule has 0 spiro atoms. The van der Waals surface area contributed by atoms with Crippen LogP contribution in [0.1, 0.15) is 31.7 Å². The van der Waals surface area contributed by atoms with Crippen LogP contribution in [-0.2, 0) is 20.7 Å². The van der Waals surface area contributed by atoms with E-state index in [1.807, 2.05) is 11.0 Å². The molecule has 3 rings (SSSR count). The van der Waals surface area contributed by atoms with Gasteiger partial charge in [-0.3, -0.25) is 9.59 Å². The normalized spacial score (nSPS) is 21.3. The minimum Gasteiger partial charge on any atom is -0.469 e. The first-order valence-corrected chi connectivity index (χ1v) is 8.80. The largest absolute Gasteiger partial charge is 0.469 e. The molecule has 0 bridgehead atoms. The van der Waals surface area contributed by atoms with E-state index in [9.17, 15) is 9.59 Å². The molecule has 130 valence electrons. The van der Waals surface area contributed by atoms with Crippen LogP contribution >= 0.6 is 0 Å². The zero-order valence-corrected chi connectivity index (χ0v) is 14.5. The molecular weight excluding hydrogens is 304 g/mol. The molecule has 5 heteroatoms. The molecule has 1 atom stereocenters. The monoisotopic (exact) mass is 330 g/mol. The number of ether oxygens (including phenoxy) is 1. The lowest BCUT2D eigenvalue weighted by atomic mass is 9.95. The van der Waals surface area contributed by atoms with Crippen LogP contribution in [0, 0.1) is 5.92 Å². The molecule has 24 heavy (non-hydrogen) atoms. The number of nitrogens with zero attached hydrogens (tertiary/aromatic N) is 2. The van der Waals surface area contributed by atoms with Crippen molar-refractivity contribution in [2.75, 3.05) is 31.6 Å². The second-order valence-corrected chi connectivity index (χ2v) is 6.82. The summed E-state index contributed by atoms with van der Waals surface area (Å²) in [7, 11) is 1.43. The number of carbonyl (C=O) groups excluding carboxylic acids is 2. The van der Waals surface area contributed by atoms with Crippen molar-refractivity contribution in [3.05, 3.63) is 29.8 Å².